The highest BCUT2D eigenvalue weighted by atomic mass is 32.2. The van der Waals surface area contributed by atoms with Gasteiger partial charge in [-0.15, -0.1) is 0 Å². The summed E-state index contributed by atoms with van der Waals surface area (Å²) < 4.78 is 28.2. The first-order chi connectivity index (χ1) is 14.9. The largest absolute Gasteiger partial charge is 0.391 e. The molecule has 162 valence electrons. The summed E-state index contributed by atoms with van der Waals surface area (Å²) in [5.74, 6) is 0.792. The average molecular weight is 439 g/mol. The molecule has 0 unspecified atom stereocenters. The number of benzene rings is 2. The van der Waals surface area contributed by atoms with Crippen LogP contribution in [0.4, 0.5) is 5.69 Å². The summed E-state index contributed by atoms with van der Waals surface area (Å²) in [6.45, 7) is 1.16. The molecular weight excluding hydrogens is 412 g/mol. The fraction of sp³-hybridized carbons (Fsp3) is 0.458. The number of sulfonamides is 1. The summed E-state index contributed by atoms with van der Waals surface area (Å²) in [7, 11) is -3.70. The van der Waals surface area contributed by atoms with Gasteiger partial charge in [0, 0.05) is 24.3 Å². The van der Waals surface area contributed by atoms with Crippen LogP contribution < -0.4 is 4.90 Å². The Morgan fingerprint density at radius 1 is 1.00 bits per heavy atom. The molecule has 2 heterocycles. The number of aliphatic hydroxyl groups is 1. The van der Waals surface area contributed by atoms with Gasteiger partial charge in [-0.2, -0.15) is 4.31 Å². The molecule has 6 rings (SSSR count). The van der Waals surface area contributed by atoms with Crippen LogP contribution in [0.1, 0.15) is 35.2 Å². The first kappa shape index (κ1) is 19.5. The third kappa shape index (κ3) is 2.83. The number of carbonyl (C=O) groups excluding carboxylic acids is 1. The number of anilines is 1. The summed E-state index contributed by atoms with van der Waals surface area (Å²) >= 11 is 0. The van der Waals surface area contributed by atoms with Gasteiger partial charge in [0.25, 0.3) is 5.91 Å². The first-order valence-corrected chi connectivity index (χ1v) is 12.6. The van der Waals surface area contributed by atoms with Crippen molar-refractivity contribution in [2.75, 3.05) is 18.0 Å². The smallest absolute Gasteiger partial charge is 0.258 e. The van der Waals surface area contributed by atoms with E-state index in [2.05, 4.69) is 6.07 Å². The molecule has 0 spiro atoms. The van der Waals surface area contributed by atoms with Gasteiger partial charge in [0.05, 0.1) is 17.0 Å². The molecule has 1 N–H and O–H groups in total. The van der Waals surface area contributed by atoms with Crippen LogP contribution in [-0.2, 0) is 16.4 Å². The molecule has 3 fully saturated rings. The molecule has 0 aromatic heterocycles. The molecule has 2 aromatic carbocycles. The fourth-order valence-electron chi connectivity index (χ4n) is 6.44. The molecule has 2 saturated carbocycles. The van der Waals surface area contributed by atoms with Crippen LogP contribution in [0.3, 0.4) is 0 Å². The molecule has 0 radical (unpaired) electrons. The fourth-order valence-corrected chi connectivity index (χ4v) is 8.18. The van der Waals surface area contributed by atoms with E-state index in [0.29, 0.717) is 24.6 Å². The molecule has 4 aliphatic rings. The van der Waals surface area contributed by atoms with Gasteiger partial charge in [0.2, 0.25) is 10.0 Å². The Balaban J connectivity index is 1.26. The van der Waals surface area contributed by atoms with E-state index in [0.717, 1.165) is 31.4 Å². The monoisotopic (exact) mass is 438 g/mol. The number of para-hydroxylation sites is 1. The number of aryl methyl sites for hydroxylation is 1. The lowest BCUT2D eigenvalue weighted by Gasteiger charge is -2.30. The van der Waals surface area contributed by atoms with Crippen LogP contribution in [-0.4, -0.2) is 49.0 Å². The van der Waals surface area contributed by atoms with Crippen molar-refractivity contribution in [2.45, 2.75) is 42.7 Å². The lowest BCUT2D eigenvalue weighted by atomic mass is 9.88. The minimum absolute atomic E-state index is 0.107. The van der Waals surface area contributed by atoms with Crippen molar-refractivity contribution < 1.29 is 18.3 Å². The lowest BCUT2D eigenvalue weighted by molar-refractivity contribution is 0.0731. The predicted octanol–water partition coefficient (Wildman–Crippen LogP) is 2.67. The Hall–Kier alpha value is -2.22. The van der Waals surface area contributed by atoms with E-state index < -0.39 is 16.1 Å². The molecule has 2 aliphatic heterocycles. The van der Waals surface area contributed by atoms with Crippen molar-refractivity contribution in [2.24, 2.45) is 17.8 Å². The van der Waals surface area contributed by atoms with E-state index in [1.807, 2.05) is 18.2 Å². The highest BCUT2D eigenvalue weighted by Gasteiger charge is 2.61. The second-order valence-corrected chi connectivity index (χ2v) is 11.3. The number of carbonyl (C=O) groups is 1. The van der Waals surface area contributed by atoms with Crippen molar-refractivity contribution in [3.8, 4) is 0 Å². The maximum Gasteiger partial charge on any atom is 0.258 e. The SMILES string of the molecule is O=C(c1ccc(S(=O)(=O)N2C[C@@H]3C[C@H]4C[C@H]3[C@@H]2[C@@H]4O)cc1)N1CCCc2ccccc21. The highest BCUT2D eigenvalue weighted by Crippen LogP contribution is 2.56. The first-order valence-electron chi connectivity index (χ1n) is 11.1. The van der Waals surface area contributed by atoms with Crippen LogP contribution in [0.5, 0.6) is 0 Å². The normalized spacial score (nSPS) is 31.8. The van der Waals surface area contributed by atoms with Crippen LogP contribution in [0, 0.1) is 17.8 Å². The van der Waals surface area contributed by atoms with Gasteiger partial charge < -0.3 is 10.0 Å². The molecule has 7 heteroatoms. The molecule has 2 aliphatic carbocycles. The van der Waals surface area contributed by atoms with E-state index in [1.165, 1.54) is 22.0 Å². The van der Waals surface area contributed by atoms with Crippen molar-refractivity contribution in [3.63, 3.8) is 0 Å². The molecule has 2 bridgehead atoms. The second-order valence-electron chi connectivity index (χ2n) is 9.42. The third-order valence-electron chi connectivity index (χ3n) is 7.87. The number of hydrogen-bond donors (Lipinski definition) is 1. The Morgan fingerprint density at radius 3 is 2.55 bits per heavy atom. The zero-order valence-corrected chi connectivity index (χ0v) is 18.0. The quantitative estimate of drug-likeness (QED) is 0.799. The Kier molecular flexibility index (Phi) is 4.32. The molecule has 2 aromatic rings. The van der Waals surface area contributed by atoms with Gasteiger partial charge in [-0.3, -0.25) is 4.79 Å². The van der Waals surface area contributed by atoms with Crippen LogP contribution in [0.2, 0.25) is 0 Å². The molecule has 5 atom stereocenters. The minimum Gasteiger partial charge on any atom is -0.391 e. The van der Waals surface area contributed by atoms with Gasteiger partial charge in [-0.1, -0.05) is 18.2 Å². The van der Waals surface area contributed by atoms with E-state index in [1.54, 1.807) is 17.0 Å². The summed E-state index contributed by atoms with van der Waals surface area (Å²) in [6.07, 6.45) is 3.19. The van der Waals surface area contributed by atoms with Crippen LogP contribution in [0.15, 0.2) is 53.4 Å². The van der Waals surface area contributed by atoms with E-state index in [4.69, 9.17) is 0 Å². The summed E-state index contributed by atoms with van der Waals surface area (Å²) in [6, 6.07) is 14.0. The van der Waals surface area contributed by atoms with Gasteiger partial charge in [0.15, 0.2) is 0 Å². The molecular formula is C24H26N2O4S. The Morgan fingerprint density at radius 2 is 1.77 bits per heavy atom. The van der Waals surface area contributed by atoms with Gasteiger partial charge in [0.1, 0.15) is 0 Å². The van der Waals surface area contributed by atoms with Crippen molar-refractivity contribution in [3.05, 3.63) is 59.7 Å². The predicted molar refractivity (Wildman–Crippen MR) is 116 cm³/mol. The molecule has 6 nitrogen and oxygen atoms in total. The van der Waals surface area contributed by atoms with E-state index in [9.17, 15) is 18.3 Å². The van der Waals surface area contributed by atoms with Crippen LogP contribution >= 0.6 is 0 Å². The van der Waals surface area contributed by atoms with Gasteiger partial charge in [-0.25, -0.2) is 8.42 Å². The van der Waals surface area contributed by atoms with Gasteiger partial charge >= 0.3 is 0 Å². The Labute approximate surface area is 182 Å². The number of fused-ring (bicyclic) bond motifs is 2. The minimum atomic E-state index is -3.70. The second kappa shape index (κ2) is 6.89. The van der Waals surface area contributed by atoms with E-state index >= 15 is 0 Å². The maximum absolute atomic E-state index is 13.4. The number of nitrogens with zero attached hydrogens (tertiary/aromatic N) is 2. The zero-order valence-electron chi connectivity index (χ0n) is 17.2. The number of aliphatic hydroxyl groups excluding tert-OH is 1. The van der Waals surface area contributed by atoms with Crippen molar-refractivity contribution in [1.82, 2.24) is 4.31 Å². The molecule has 1 amide bonds. The maximum atomic E-state index is 13.4. The number of amides is 1. The summed E-state index contributed by atoms with van der Waals surface area (Å²) in [4.78, 5) is 15.1. The highest BCUT2D eigenvalue weighted by molar-refractivity contribution is 7.89. The third-order valence-corrected chi connectivity index (χ3v) is 9.75. The van der Waals surface area contributed by atoms with Crippen molar-refractivity contribution in [1.29, 1.82) is 0 Å². The topological polar surface area (TPSA) is 77.9 Å². The standard InChI is InChI=1S/C24H26N2O4S/c27-23-17-12-18-14-26(22(23)20(18)13-17)31(29,30)19-9-7-16(8-10-19)24(28)25-11-3-5-15-4-1-2-6-21(15)25/h1-2,4,6-10,17-18,20,22-23,27H,3,5,11-14H2/t17-,18-,20+,22+,23+/m0/s1. The van der Waals surface area contributed by atoms with E-state index in [-0.39, 0.29) is 28.7 Å². The average Bonchev–Trinajstić information content (AvgIpc) is 3.42. The lowest BCUT2D eigenvalue weighted by Crippen LogP contribution is -2.43. The summed E-state index contributed by atoms with van der Waals surface area (Å²) in [5.41, 5.74) is 2.59. The zero-order chi connectivity index (χ0) is 21.3. The summed E-state index contributed by atoms with van der Waals surface area (Å²) in [5, 5.41) is 10.6. The Bertz CT molecular complexity index is 1140. The van der Waals surface area contributed by atoms with Crippen molar-refractivity contribution >= 4 is 21.6 Å². The van der Waals surface area contributed by atoms with Gasteiger partial charge in [-0.05, 0) is 79.3 Å². The number of rotatable bonds is 3. The molecule has 31 heavy (non-hydrogen) atoms. The van der Waals surface area contributed by atoms with Crippen LogP contribution in [0.25, 0.3) is 0 Å². The molecule has 1 saturated heterocycles. The number of hydrogen-bond acceptors (Lipinski definition) is 4.